The fourth-order valence-electron chi connectivity index (χ4n) is 14.8. The van der Waals surface area contributed by atoms with E-state index in [0.717, 1.165) is 0 Å². The third-order valence-corrected chi connectivity index (χ3v) is 18.9. The SMILES string of the molecule is CC(C)(C)c1cc2ccc3cc4c(c5ccc(c1)c2c35)-c1ccc(-c2cc3c5ccccc5c(-c5ccc6c(c5)C(C)(C)c5cc7ccc8cc(C(C)(C)C)cc9ccc(c5-6)c7c89)cc3c3ccccc23)cc1C4(C)C. The summed E-state index contributed by atoms with van der Waals surface area (Å²) in [6.45, 7) is 23.7. The first kappa shape index (κ1) is 44.3. The van der Waals surface area contributed by atoms with Gasteiger partial charge in [0, 0.05) is 10.8 Å². The van der Waals surface area contributed by atoms with Gasteiger partial charge < -0.3 is 0 Å². The number of rotatable bonds is 2. The second-order valence-corrected chi connectivity index (χ2v) is 26.1. The van der Waals surface area contributed by atoms with Gasteiger partial charge in [0.15, 0.2) is 0 Å². The molecule has 0 spiro atoms. The average Bonchev–Trinajstić information content (AvgIpc) is 3.95. The fraction of sp³-hybridized carbons (Fsp3) is 0.184. The second-order valence-electron chi connectivity index (χ2n) is 26.1. The quantitative estimate of drug-likeness (QED) is 0.151. The van der Waals surface area contributed by atoms with Crippen LogP contribution in [0.1, 0.15) is 103 Å². The van der Waals surface area contributed by atoms with E-state index in [0.29, 0.717) is 0 Å². The molecule has 0 fully saturated rings. The zero-order valence-corrected chi connectivity index (χ0v) is 45.3. The van der Waals surface area contributed by atoms with Gasteiger partial charge >= 0.3 is 0 Å². The van der Waals surface area contributed by atoms with Gasteiger partial charge in [-0.25, -0.2) is 0 Å². The molecule has 0 N–H and O–H groups in total. The van der Waals surface area contributed by atoms with E-state index in [1.807, 2.05) is 0 Å². The molecule has 14 aromatic rings. The van der Waals surface area contributed by atoms with Crippen molar-refractivity contribution in [2.45, 2.75) is 90.9 Å². The predicted molar refractivity (Wildman–Crippen MR) is 330 cm³/mol. The molecule has 0 amide bonds. The summed E-state index contributed by atoms with van der Waals surface area (Å²) in [5.41, 5.74) is 18.8. The van der Waals surface area contributed by atoms with Crippen molar-refractivity contribution in [3.63, 3.8) is 0 Å². The highest BCUT2D eigenvalue weighted by molar-refractivity contribution is 6.29. The van der Waals surface area contributed by atoms with Crippen LogP contribution >= 0.6 is 0 Å². The molecule has 0 atom stereocenters. The molecular formula is C76H60. The normalized spacial score (nSPS) is 14.9. The summed E-state index contributed by atoms with van der Waals surface area (Å²) < 4.78 is 0. The Morgan fingerprint density at radius 2 is 0.605 bits per heavy atom. The topological polar surface area (TPSA) is 0 Å². The van der Waals surface area contributed by atoms with Gasteiger partial charge in [0.25, 0.3) is 0 Å². The zero-order valence-electron chi connectivity index (χ0n) is 45.3. The molecule has 364 valence electrons. The van der Waals surface area contributed by atoms with Gasteiger partial charge in [-0.2, -0.15) is 0 Å². The predicted octanol–water partition coefficient (Wildman–Crippen LogP) is 21.5. The van der Waals surface area contributed by atoms with Gasteiger partial charge in [-0.05, 0) is 222 Å². The first-order chi connectivity index (χ1) is 36.4. The Balaban J connectivity index is 0.849. The summed E-state index contributed by atoms with van der Waals surface area (Å²) in [4.78, 5) is 0. The molecule has 2 aliphatic carbocycles. The molecule has 2 aliphatic rings. The summed E-state index contributed by atoms with van der Waals surface area (Å²) >= 11 is 0. The lowest BCUT2D eigenvalue weighted by Gasteiger charge is -2.24. The van der Waals surface area contributed by atoms with Gasteiger partial charge in [-0.15, -0.1) is 0 Å². The molecule has 0 radical (unpaired) electrons. The van der Waals surface area contributed by atoms with Crippen molar-refractivity contribution in [2.24, 2.45) is 0 Å². The van der Waals surface area contributed by atoms with Crippen molar-refractivity contribution >= 4 is 97.0 Å². The Bertz CT molecular complexity index is 4570. The monoisotopic (exact) mass is 972 g/mol. The zero-order chi connectivity index (χ0) is 51.7. The molecule has 0 aliphatic heterocycles. The Morgan fingerprint density at radius 3 is 0.974 bits per heavy atom. The van der Waals surface area contributed by atoms with Crippen LogP contribution in [0.3, 0.4) is 0 Å². The van der Waals surface area contributed by atoms with Crippen LogP contribution in [0.15, 0.2) is 182 Å². The summed E-state index contributed by atoms with van der Waals surface area (Å²) in [5.74, 6) is 0. The molecule has 16 rings (SSSR count). The molecule has 0 aromatic heterocycles. The van der Waals surface area contributed by atoms with Crippen LogP contribution in [0, 0.1) is 0 Å². The summed E-state index contributed by atoms with van der Waals surface area (Å²) in [6, 6.07) is 71.8. The summed E-state index contributed by atoms with van der Waals surface area (Å²) in [6.07, 6.45) is 0. The van der Waals surface area contributed by atoms with Crippen LogP contribution in [-0.4, -0.2) is 0 Å². The van der Waals surface area contributed by atoms with Gasteiger partial charge in [0.1, 0.15) is 0 Å². The van der Waals surface area contributed by atoms with E-state index in [4.69, 9.17) is 0 Å². The van der Waals surface area contributed by atoms with E-state index in [1.54, 1.807) is 0 Å². The smallest absolute Gasteiger partial charge is 0.0159 e. The van der Waals surface area contributed by atoms with Crippen LogP contribution in [0.25, 0.3) is 141 Å². The Kier molecular flexibility index (Phi) is 8.41. The summed E-state index contributed by atoms with van der Waals surface area (Å²) in [7, 11) is 0. The summed E-state index contributed by atoms with van der Waals surface area (Å²) in [5, 5.41) is 24.0. The fourth-order valence-corrected chi connectivity index (χ4v) is 14.8. The van der Waals surface area contributed by atoms with E-state index in [9.17, 15) is 0 Å². The lowest BCUT2D eigenvalue weighted by molar-refractivity contribution is 0.591. The molecule has 0 heterocycles. The van der Waals surface area contributed by atoms with Crippen molar-refractivity contribution in [3.05, 3.63) is 215 Å². The number of hydrogen-bond donors (Lipinski definition) is 0. The van der Waals surface area contributed by atoms with E-state index >= 15 is 0 Å². The number of fused-ring (bicyclic) bond motifs is 13. The maximum absolute atomic E-state index is 2.53. The lowest BCUT2D eigenvalue weighted by atomic mass is 9.79. The van der Waals surface area contributed by atoms with Crippen LogP contribution < -0.4 is 0 Å². The maximum Gasteiger partial charge on any atom is 0.0159 e. The molecule has 0 heteroatoms. The van der Waals surface area contributed by atoms with E-state index < -0.39 is 0 Å². The van der Waals surface area contributed by atoms with Crippen molar-refractivity contribution in [1.82, 2.24) is 0 Å². The standard InChI is InChI=1S/C76H60/c1-73(2,3)49-31-43-19-21-47-37-65-71(57-29-25-45(33-49)67(43)69(47)57)55-27-23-41(35-63(55)75(65,7)8)59-39-61-54-18-14-12-16-52(54)60(40-62(61)53-17-13-11-15-51(53)59)42-24-28-56-64(36-42)76(9,10)66-38-48-22-20-44-32-50(74(4,5)6)34-46-26-30-58(72(56)66)70(48)68(44)46/h11-40H,1-10H3. The van der Waals surface area contributed by atoms with Crippen molar-refractivity contribution in [1.29, 1.82) is 0 Å². The van der Waals surface area contributed by atoms with Gasteiger partial charge in [-0.1, -0.05) is 215 Å². The minimum absolute atomic E-state index is 0.0809. The highest BCUT2D eigenvalue weighted by Crippen LogP contribution is 2.57. The Morgan fingerprint density at radius 1 is 0.263 bits per heavy atom. The van der Waals surface area contributed by atoms with Crippen molar-refractivity contribution in [2.75, 3.05) is 0 Å². The third kappa shape index (κ3) is 5.75. The van der Waals surface area contributed by atoms with E-state index in [-0.39, 0.29) is 21.7 Å². The molecule has 14 aromatic carbocycles. The molecule has 0 nitrogen and oxygen atoms in total. The Hall–Kier alpha value is -8.06. The largest absolute Gasteiger partial charge is 0.0616 e. The van der Waals surface area contributed by atoms with Crippen LogP contribution in [0.4, 0.5) is 0 Å². The lowest BCUT2D eigenvalue weighted by Crippen LogP contribution is -2.15. The van der Waals surface area contributed by atoms with Crippen LogP contribution in [0.5, 0.6) is 0 Å². The van der Waals surface area contributed by atoms with Gasteiger partial charge in [-0.3, -0.25) is 0 Å². The Labute approximate surface area is 445 Å². The number of hydrogen-bond acceptors (Lipinski definition) is 0. The highest BCUT2D eigenvalue weighted by Gasteiger charge is 2.39. The molecule has 0 saturated carbocycles. The maximum atomic E-state index is 2.53. The first-order valence-corrected chi connectivity index (χ1v) is 27.6. The molecule has 0 unspecified atom stereocenters. The van der Waals surface area contributed by atoms with Crippen molar-refractivity contribution < 1.29 is 0 Å². The van der Waals surface area contributed by atoms with Gasteiger partial charge in [0.05, 0.1) is 0 Å². The number of benzene rings is 14. The molecule has 0 saturated heterocycles. The third-order valence-electron chi connectivity index (χ3n) is 18.9. The minimum atomic E-state index is -0.180. The highest BCUT2D eigenvalue weighted by atomic mass is 14.4. The molecular weight excluding hydrogens is 913 g/mol. The first-order valence-electron chi connectivity index (χ1n) is 27.6. The van der Waals surface area contributed by atoms with E-state index in [1.165, 1.54) is 175 Å². The second kappa shape index (κ2) is 14.4. The molecule has 76 heavy (non-hydrogen) atoms. The van der Waals surface area contributed by atoms with E-state index in [2.05, 4.69) is 251 Å². The van der Waals surface area contributed by atoms with Crippen LogP contribution in [-0.2, 0) is 21.7 Å². The average molecular weight is 973 g/mol. The van der Waals surface area contributed by atoms with Gasteiger partial charge in [0.2, 0.25) is 0 Å². The van der Waals surface area contributed by atoms with Crippen LogP contribution in [0.2, 0.25) is 0 Å². The van der Waals surface area contributed by atoms with Crippen molar-refractivity contribution in [3.8, 4) is 44.5 Å². The minimum Gasteiger partial charge on any atom is -0.0616 e. The molecule has 0 bridgehead atoms.